The van der Waals surface area contributed by atoms with Crippen LogP contribution in [0, 0.1) is 0 Å². The second-order valence-electron chi connectivity index (χ2n) is 0.408. The second-order valence-corrected chi connectivity index (χ2v) is 1.22. The molecule has 0 heterocycles. The Morgan fingerprint density at radius 2 is 0.857 bits per heavy atom. The third-order valence-electron chi connectivity index (χ3n) is 0. The van der Waals surface area contributed by atoms with Crippen molar-refractivity contribution in [2.24, 2.45) is 0 Å². The van der Waals surface area contributed by atoms with Crippen LogP contribution in [0.2, 0.25) is 0 Å². The summed E-state index contributed by atoms with van der Waals surface area (Å²) in [6.07, 6.45) is 4.08. The molecule has 0 radical (unpaired) electrons. The molecule has 0 N–H and O–H groups in total. The van der Waals surface area contributed by atoms with E-state index in [1.807, 2.05) is 12.5 Å². The number of hydrogen-bond acceptors (Lipinski definition) is 1. The van der Waals surface area contributed by atoms with E-state index in [4.69, 9.17) is 0 Å². The van der Waals surface area contributed by atoms with Gasteiger partial charge in [-0.3, -0.25) is 0 Å². The maximum absolute atomic E-state index is 2.04. The Bertz CT molecular complexity index is 12.9. The van der Waals surface area contributed by atoms with Gasteiger partial charge < -0.3 is 37.2 Å². The van der Waals surface area contributed by atoms with Crippen LogP contribution in [-0.4, -0.2) is 29.9 Å². The SMILES string of the molecule is CSC.[Al+3].[Cl-].[Cl-].[Cl-]. The molecule has 0 unspecified atom stereocenters. The van der Waals surface area contributed by atoms with Crippen LogP contribution in [-0.2, 0) is 0 Å². The van der Waals surface area contributed by atoms with Crippen molar-refractivity contribution in [2.45, 2.75) is 0 Å². The molecule has 0 spiro atoms. The summed E-state index contributed by atoms with van der Waals surface area (Å²) in [6, 6.07) is 0. The predicted octanol–water partition coefficient (Wildman–Crippen LogP) is -8.39. The topological polar surface area (TPSA) is 0 Å². The van der Waals surface area contributed by atoms with Gasteiger partial charge >= 0.3 is 17.4 Å². The standard InChI is InChI=1S/C2H6S.Al.3ClH/c1-3-2;;;;/h1-2H3;;3*1H/q;+3;;;/p-3. The Labute approximate surface area is 78.6 Å². The van der Waals surface area contributed by atoms with Crippen molar-refractivity contribution < 1.29 is 37.2 Å². The molecule has 0 fully saturated rings. The van der Waals surface area contributed by atoms with Gasteiger partial charge in [-0.15, -0.1) is 0 Å². The molecule has 7 heavy (non-hydrogen) atoms. The minimum atomic E-state index is 0. The number of thioether (sulfide) groups is 1. The van der Waals surface area contributed by atoms with E-state index in [1.165, 1.54) is 0 Å². The van der Waals surface area contributed by atoms with E-state index < -0.39 is 0 Å². The molecule has 0 rings (SSSR count). The Kier molecular flexibility index (Phi) is 249. The van der Waals surface area contributed by atoms with Gasteiger partial charge in [0.25, 0.3) is 0 Å². The van der Waals surface area contributed by atoms with Gasteiger partial charge in [0.2, 0.25) is 0 Å². The van der Waals surface area contributed by atoms with Crippen LogP contribution in [0.15, 0.2) is 0 Å². The smallest absolute Gasteiger partial charge is 1.00 e. The van der Waals surface area contributed by atoms with Gasteiger partial charge in [-0.1, -0.05) is 0 Å². The van der Waals surface area contributed by atoms with Gasteiger partial charge in [-0.25, -0.2) is 0 Å². The third-order valence-corrected chi connectivity index (χ3v) is 0. The molecule has 0 saturated carbocycles. The monoisotopic (exact) mass is 194 g/mol. The zero-order valence-electron chi connectivity index (χ0n) is 4.12. The molecule has 0 aromatic carbocycles. The molecule has 0 aliphatic heterocycles. The zero-order chi connectivity index (χ0) is 2.71. The van der Waals surface area contributed by atoms with Gasteiger partial charge in [0.05, 0.1) is 0 Å². The Balaban J connectivity index is -0.00000000333. The van der Waals surface area contributed by atoms with E-state index in [2.05, 4.69) is 0 Å². The van der Waals surface area contributed by atoms with Crippen LogP contribution in [0.4, 0.5) is 0 Å². The van der Waals surface area contributed by atoms with Gasteiger partial charge in [-0.05, 0) is 12.5 Å². The average molecular weight is 195 g/mol. The summed E-state index contributed by atoms with van der Waals surface area (Å²) in [5.41, 5.74) is 0. The largest absolute Gasteiger partial charge is 3.00 e. The first kappa shape index (κ1) is 37.4. The number of rotatable bonds is 0. The molecule has 0 aliphatic carbocycles. The molecule has 0 aromatic rings. The van der Waals surface area contributed by atoms with Crippen molar-refractivity contribution in [3.05, 3.63) is 0 Å². The van der Waals surface area contributed by atoms with Crippen LogP contribution in [0.1, 0.15) is 0 Å². The number of hydrogen-bond donors (Lipinski definition) is 0. The van der Waals surface area contributed by atoms with Crippen molar-refractivity contribution in [1.82, 2.24) is 0 Å². The average Bonchev–Trinajstić information content (AvgIpc) is 0.918. The Hall–Kier alpha value is 1.75. The van der Waals surface area contributed by atoms with E-state index in [1.54, 1.807) is 11.8 Å². The van der Waals surface area contributed by atoms with Crippen molar-refractivity contribution in [3.63, 3.8) is 0 Å². The first-order chi connectivity index (χ1) is 1.41. The van der Waals surface area contributed by atoms with Crippen LogP contribution >= 0.6 is 11.8 Å². The second kappa shape index (κ2) is 46.7. The van der Waals surface area contributed by atoms with Crippen molar-refractivity contribution in [2.75, 3.05) is 12.5 Å². The maximum atomic E-state index is 2.04. The van der Waals surface area contributed by atoms with Crippen molar-refractivity contribution >= 4 is 29.1 Å². The summed E-state index contributed by atoms with van der Waals surface area (Å²) in [5.74, 6) is 0. The summed E-state index contributed by atoms with van der Waals surface area (Å²) in [6.45, 7) is 0. The quantitative estimate of drug-likeness (QED) is 0.346. The molecule has 44 valence electrons. The number of halogens is 3. The van der Waals surface area contributed by atoms with E-state index in [9.17, 15) is 0 Å². The van der Waals surface area contributed by atoms with Crippen LogP contribution in [0.25, 0.3) is 0 Å². The van der Waals surface area contributed by atoms with Gasteiger partial charge in [-0.2, -0.15) is 11.8 Å². The van der Waals surface area contributed by atoms with E-state index in [-0.39, 0.29) is 54.6 Å². The molecule has 0 nitrogen and oxygen atoms in total. The summed E-state index contributed by atoms with van der Waals surface area (Å²) in [4.78, 5) is 0. The molecule has 0 aromatic heterocycles. The minimum absolute atomic E-state index is 0. The molecule has 5 heteroatoms. The molecule has 0 saturated heterocycles. The summed E-state index contributed by atoms with van der Waals surface area (Å²) in [5, 5.41) is 0. The van der Waals surface area contributed by atoms with Crippen LogP contribution in [0.3, 0.4) is 0 Å². The van der Waals surface area contributed by atoms with Gasteiger partial charge in [0, 0.05) is 0 Å². The molecular formula is C2H6AlCl3S. The van der Waals surface area contributed by atoms with E-state index in [0.29, 0.717) is 0 Å². The van der Waals surface area contributed by atoms with E-state index in [0.717, 1.165) is 0 Å². The summed E-state index contributed by atoms with van der Waals surface area (Å²) < 4.78 is 0. The molecule has 0 amide bonds. The van der Waals surface area contributed by atoms with Gasteiger partial charge in [0.15, 0.2) is 0 Å². The predicted molar refractivity (Wildman–Crippen MR) is 25.2 cm³/mol. The molecule has 0 aliphatic rings. The molecular weight excluding hydrogens is 189 g/mol. The first-order valence-electron chi connectivity index (χ1n) is 0.816. The summed E-state index contributed by atoms with van der Waals surface area (Å²) in [7, 11) is 0. The van der Waals surface area contributed by atoms with Crippen LogP contribution in [0.5, 0.6) is 0 Å². The normalized spacial score (nSPS) is 2.57. The molecule has 0 bridgehead atoms. The fourth-order valence-electron chi connectivity index (χ4n) is 0. The van der Waals surface area contributed by atoms with Crippen molar-refractivity contribution in [3.8, 4) is 0 Å². The van der Waals surface area contributed by atoms with Crippen molar-refractivity contribution in [1.29, 1.82) is 0 Å². The minimum Gasteiger partial charge on any atom is -1.00 e. The zero-order valence-corrected chi connectivity index (χ0v) is 8.36. The van der Waals surface area contributed by atoms with E-state index >= 15 is 0 Å². The van der Waals surface area contributed by atoms with Gasteiger partial charge in [0.1, 0.15) is 0 Å². The fourth-order valence-corrected chi connectivity index (χ4v) is 0. The fraction of sp³-hybridized carbons (Fsp3) is 1.00. The Morgan fingerprint density at radius 3 is 0.857 bits per heavy atom. The Morgan fingerprint density at radius 1 is 0.857 bits per heavy atom. The first-order valence-corrected chi connectivity index (χ1v) is 2.45. The third kappa shape index (κ3) is 83.5. The van der Waals surface area contributed by atoms with Crippen LogP contribution < -0.4 is 37.2 Å². The maximum Gasteiger partial charge on any atom is 3.00 e. The summed E-state index contributed by atoms with van der Waals surface area (Å²) >= 11 is 1.75. The molecule has 0 atom stereocenters.